The molecule has 0 fully saturated rings. The molecule has 0 atom stereocenters. The lowest BCUT2D eigenvalue weighted by atomic mass is 9.74. The van der Waals surface area contributed by atoms with Crippen molar-refractivity contribution < 1.29 is 18.9 Å². The Hall–Kier alpha value is -12.4. The molecule has 0 heterocycles. The first-order chi connectivity index (χ1) is 47.4. The zero-order chi connectivity index (χ0) is 64.4. The van der Waals surface area contributed by atoms with Crippen LogP contribution in [0.3, 0.4) is 0 Å². The Kier molecular flexibility index (Phi) is 14.3. The van der Waals surface area contributed by atoms with Gasteiger partial charge in [-0.1, -0.05) is 206 Å². The first-order valence-electron chi connectivity index (χ1n) is 32.5. The van der Waals surface area contributed by atoms with E-state index in [1.165, 1.54) is 64.6 Å². The van der Waals surface area contributed by atoms with Crippen molar-refractivity contribution in [3.8, 4) is 89.8 Å². The van der Waals surface area contributed by atoms with Gasteiger partial charge in [-0.3, -0.25) is 0 Å². The van der Waals surface area contributed by atoms with Gasteiger partial charge in [0.05, 0.1) is 39.8 Å². The number of nitrogens with zero attached hydrogens (tertiary/aromatic N) is 2. The molecule has 0 N–H and O–H groups in total. The Balaban J connectivity index is 0.951. The molecule has 0 aliphatic rings. The van der Waals surface area contributed by atoms with Crippen molar-refractivity contribution in [2.45, 2.75) is 0 Å². The zero-order valence-corrected chi connectivity index (χ0v) is 53.5. The molecular formula is C90H64N2O4. The quantitative estimate of drug-likeness (QED) is 0.0899. The van der Waals surface area contributed by atoms with E-state index in [-0.39, 0.29) is 0 Å². The van der Waals surface area contributed by atoms with Gasteiger partial charge in [-0.25, -0.2) is 0 Å². The summed E-state index contributed by atoms with van der Waals surface area (Å²) in [5.41, 5.74) is 18.7. The third-order valence-electron chi connectivity index (χ3n) is 19.4. The van der Waals surface area contributed by atoms with Crippen LogP contribution in [-0.2, 0) is 0 Å². The minimum absolute atomic E-state index is 0.761. The summed E-state index contributed by atoms with van der Waals surface area (Å²) >= 11 is 0. The fourth-order valence-electron chi connectivity index (χ4n) is 14.9. The van der Waals surface area contributed by atoms with Gasteiger partial charge in [-0.05, 0) is 230 Å². The van der Waals surface area contributed by atoms with Gasteiger partial charge >= 0.3 is 0 Å². The third kappa shape index (κ3) is 9.72. The summed E-state index contributed by atoms with van der Waals surface area (Å²) in [6.07, 6.45) is 0. The van der Waals surface area contributed by atoms with Crippen LogP contribution in [0.15, 0.2) is 315 Å². The van der Waals surface area contributed by atoms with Crippen LogP contribution in [0.1, 0.15) is 0 Å². The average molecular weight is 1240 g/mol. The van der Waals surface area contributed by atoms with Crippen LogP contribution in [0.2, 0.25) is 0 Å². The van der Waals surface area contributed by atoms with Gasteiger partial charge in [0, 0.05) is 33.5 Å². The predicted molar refractivity (Wildman–Crippen MR) is 402 cm³/mol. The summed E-state index contributed by atoms with van der Waals surface area (Å²) in [6.45, 7) is 0. The van der Waals surface area contributed by atoms with Crippen LogP contribution in [-0.4, -0.2) is 28.4 Å². The molecule has 96 heavy (non-hydrogen) atoms. The lowest BCUT2D eigenvalue weighted by Gasteiger charge is -2.30. The molecule has 6 nitrogen and oxygen atoms in total. The van der Waals surface area contributed by atoms with Crippen LogP contribution < -0.4 is 28.7 Å². The largest absolute Gasteiger partial charge is 0.497 e. The molecule has 0 amide bonds. The number of hydrogen-bond acceptors (Lipinski definition) is 6. The Morgan fingerprint density at radius 1 is 0.188 bits per heavy atom. The van der Waals surface area contributed by atoms with E-state index in [2.05, 4.69) is 325 Å². The monoisotopic (exact) mass is 1240 g/mol. The van der Waals surface area contributed by atoms with Crippen molar-refractivity contribution in [2.75, 3.05) is 38.2 Å². The summed E-state index contributed by atoms with van der Waals surface area (Å²) in [5.74, 6) is 3.04. The molecule has 17 rings (SSSR count). The summed E-state index contributed by atoms with van der Waals surface area (Å²) in [7, 11) is 6.90. The number of rotatable bonds is 16. The van der Waals surface area contributed by atoms with Crippen molar-refractivity contribution in [2.24, 2.45) is 0 Å². The molecule has 0 aliphatic heterocycles. The third-order valence-corrected chi connectivity index (χ3v) is 19.4. The lowest BCUT2D eigenvalue weighted by Crippen LogP contribution is -2.10. The minimum Gasteiger partial charge on any atom is -0.497 e. The fraction of sp³-hybridized carbons (Fsp3) is 0.0444. The van der Waals surface area contributed by atoms with E-state index in [1.54, 1.807) is 28.4 Å². The standard InChI is InChI=1S/C90H64N2O4/c1-93-73-45-29-65(30-46-73)87-85(63-25-41-71(42-26-63)91(69-17-7-5-8-18-69)79-55-39-61-23-21-57-13-11-15-59-37-53-77(79)83(61)81(57)59)89(67-33-49-75(95-3)50-34-67)90(68-35-51-76(96-4)52-36-68)86(88(87)66-31-47-74(94-2)48-32-66)64-27-43-72(44-28-64)92(70-19-9-6-10-20-70)80-56-40-62-24-22-58-14-12-16-60-38-54-78(80)84(62)82(58)60/h5-56H,1-4H3. The van der Waals surface area contributed by atoms with E-state index in [0.29, 0.717) is 0 Å². The molecule has 0 aromatic heterocycles. The van der Waals surface area contributed by atoms with Crippen LogP contribution in [0.25, 0.3) is 131 Å². The van der Waals surface area contributed by atoms with Crippen molar-refractivity contribution >= 4 is 98.8 Å². The van der Waals surface area contributed by atoms with Gasteiger partial charge in [0.25, 0.3) is 0 Å². The van der Waals surface area contributed by atoms with Crippen molar-refractivity contribution in [1.29, 1.82) is 0 Å². The fourth-order valence-corrected chi connectivity index (χ4v) is 14.9. The highest BCUT2D eigenvalue weighted by Gasteiger charge is 2.31. The van der Waals surface area contributed by atoms with Gasteiger partial charge in [-0.15, -0.1) is 0 Å². The highest BCUT2D eigenvalue weighted by atomic mass is 16.5. The van der Waals surface area contributed by atoms with Gasteiger partial charge in [0.15, 0.2) is 0 Å². The molecule has 0 radical (unpaired) electrons. The summed E-state index contributed by atoms with van der Waals surface area (Å²) < 4.78 is 23.7. The SMILES string of the molecule is COc1ccc(-c2c(-c3ccc(OC)cc3)c(-c3ccc(N(c4ccccc4)c4ccc5ccc6cccc7ccc4c5c67)cc3)c(-c3ccc(OC)cc3)c(-c3ccc(OC)cc3)c2-c2ccc(N(c3ccccc3)c3ccc4ccc5cccc6ccc3c4c56)cc2)cc1. The molecule has 0 unspecified atom stereocenters. The molecule has 0 saturated carbocycles. The molecule has 0 spiro atoms. The molecule has 0 bridgehead atoms. The first kappa shape index (κ1) is 57.5. The predicted octanol–water partition coefficient (Wildman–Crippen LogP) is 24.5. The second-order valence-corrected chi connectivity index (χ2v) is 24.5. The smallest absolute Gasteiger partial charge is 0.118 e. The van der Waals surface area contributed by atoms with Crippen LogP contribution >= 0.6 is 0 Å². The molecule has 17 aromatic carbocycles. The molecule has 17 aromatic rings. The number of hydrogen-bond donors (Lipinski definition) is 0. The number of anilines is 6. The maximum absolute atomic E-state index is 5.94. The van der Waals surface area contributed by atoms with Gasteiger partial charge in [0.2, 0.25) is 0 Å². The van der Waals surface area contributed by atoms with E-state index in [4.69, 9.17) is 18.9 Å². The topological polar surface area (TPSA) is 43.4 Å². The highest BCUT2D eigenvalue weighted by molar-refractivity contribution is 6.27. The lowest BCUT2D eigenvalue weighted by molar-refractivity contribution is 0.414. The van der Waals surface area contributed by atoms with E-state index in [9.17, 15) is 0 Å². The molecular weight excluding hydrogens is 1170 g/mol. The average Bonchev–Trinajstić information content (AvgIpc) is 0.729. The van der Waals surface area contributed by atoms with Gasteiger partial charge in [0.1, 0.15) is 23.0 Å². The van der Waals surface area contributed by atoms with Crippen molar-refractivity contribution in [1.82, 2.24) is 0 Å². The summed E-state index contributed by atoms with van der Waals surface area (Å²) in [4.78, 5) is 4.82. The second-order valence-electron chi connectivity index (χ2n) is 24.5. The maximum Gasteiger partial charge on any atom is 0.118 e. The van der Waals surface area contributed by atoms with Crippen molar-refractivity contribution in [3.05, 3.63) is 315 Å². The Morgan fingerprint density at radius 3 is 0.688 bits per heavy atom. The Bertz CT molecular complexity index is 5190. The summed E-state index contributed by atoms with van der Waals surface area (Å²) in [6, 6.07) is 115. The van der Waals surface area contributed by atoms with Crippen LogP contribution in [0.4, 0.5) is 34.1 Å². The van der Waals surface area contributed by atoms with Crippen LogP contribution in [0.5, 0.6) is 23.0 Å². The van der Waals surface area contributed by atoms with Crippen LogP contribution in [0, 0.1) is 0 Å². The maximum atomic E-state index is 5.94. The molecule has 6 heteroatoms. The normalized spacial score (nSPS) is 11.5. The Morgan fingerprint density at radius 2 is 0.417 bits per heavy atom. The molecule has 0 saturated heterocycles. The minimum atomic E-state index is 0.761. The number of para-hydroxylation sites is 2. The number of ether oxygens (including phenoxy) is 4. The number of benzene rings is 17. The van der Waals surface area contributed by atoms with Crippen molar-refractivity contribution in [3.63, 3.8) is 0 Å². The molecule has 458 valence electrons. The van der Waals surface area contributed by atoms with E-state index in [0.717, 1.165) is 124 Å². The highest BCUT2D eigenvalue weighted by Crippen LogP contribution is 2.58. The van der Waals surface area contributed by atoms with E-state index in [1.807, 2.05) is 0 Å². The molecule has 0 aliphatic carbocycles. The second kappa shape index (κ2) is 23.9. The summed E-state index contributed by atoms with van der Waals surface area (Å²) in [5, 5.41) is 14.8. The number of methoxy groups -OCH3 is 4. The zero-order valence-electron chi connectivity index (χ0n) is 53.5. The van der Waals surface area contributed by atoms with Gasteiger partial charge < -0.3 is 28.7 Å². The van der Waals surface area contributed by atoms with Gasteiger partial charge in [-0.2, -0.15) is 0 Å². The first-order valence-corrected chi connectivity index (χ1v) is 32.5. The van der Waals surface area contributed by atoms with E-state index < -0.39 is 0 Å². The Labute approximate surface area is 557 Å². The van der Waals surface area contributed by atoms with E-state index >= 15 is 0 Å².